The van der Waals surface area contributed by atoms with Crippen LogP contribution in [-0.2, 0) is 19.1 Å². The van der Waals surface area contributed by atoms with E-state index in [0.29, 0.717) is 29.9 Å². The first kappa shape index (κ1) is 20.3. The largest absolute Gasteiger partial charge is 0.466 e. The fourth-order valence-electron chi connectivity index (χ4n) is 3.59. The third-order valence-corrected chi connectivity index (χ3v) is 4.92. The molecule has 2 amide bonds. The van der Waals surface area contributed by atoms with Crippen LogP contribution in [0.2, 0.25) is 0 Å². The minimum atomic E-state index is -0.571. The Morgan fingerprint density at radius 2 is 2.24 bits per heavy atom. The number of esters is 1. The van der Waals surface area contributed by atoms with Crippen LogP contribution < -0.4 is 10.6 Å². The first-order chi connectivity index (χ1) is 14.0. The summed E-state index contributed by atoms with van der Waals surface area (Å²) in [6, 6.07) is 9.65. The van der Waals surface area contributed by atoms with Crippen molar-refractivity contribution in [3.05, 3.63) is 54.4 Å². The number of carbonyl (C=O) groups excluding carboxylic acids is 3. The minimum absolute atomic E-state index is 0.0126. The first-order valence-electron chi connectivity index (χ1n) is 9.47. The molecule has 0 spiro atoms. The third kappa shape index (κ3) is 4.71. The van der Waals surface area contributed by atoms with Crippen LogP contribution in [0.5, 0.6) is 0 Å². The van der Waals surface area contributed by atoms with Gasteiger partial charge in [-0.05, 0) is 36.8 Å². The molecule has 0 radical (unpaired) electrons. The normalized spacial score (nSPS) is 17.1. The summed E-state index contributed by atoms with van der Waals surface area (Å²) in [7, 11) is 0. The summed E-state index contributed by atoms with van der Waals surface area (Å²) in [4.78, 5) is 44.1. The van der Waals surface area contributed by atoms with Crippen molar-refractivity contribution in [3.8, 4) is 0 Å². The highest BCUT2D eigenvalue weighted by Crippen LogP contribution is 2.31. The molecule has 8 heteroatoms. The molecule has 2 aromatic rings. The number of hydrogen-bond donors (Lipinski definition) is 1. The minimum Gasteiger partial charge on any atom is -0.466 e. The molecule has 2 N–H and O–H groups in total. The second-order valence-corrected chi connectivity index (χ2v) is 6.82. The van der Waals surface area contributed by atoms with Gasteiger partial charge in [-0.3, -0.25) is 19.4 Å². The van der Waals surface area contributed by atoms with E-state index in [0.717, 1.165) is 0 Å². The maximum absolute atomic E-state index is 12.6. The number of benzene rings is 1. The number of nitrogens with zero attached hydrogens (tertiary/aromatic N) is 3. The maximum atomic E-state index is 12.6. The van der Waals surface area contributed by atoms with E-state index in [1.54, 1.807) is 60.6 Å². The van der Waals surface area contributed by atoms with Gasteiger partial charge in [0.2, 0.25) is 12.3 Å². The molecule has 2 heterocycles. The Labute approximate surface area is 169 Å². The van der Waals surface area contributed by atoms with E-state index in [-0.39, 0.29) is 31.4 Å². The van der Waals surface area contributed by atoms with E-state index in [4.69, 9.17) is 10.5 Å². The number of hydrogen-bond acceptors (Lipinski definition) is 6. The zero-order valence-electron chi connectivity index (χ0n) is 16.2. The third-order valence-electron chi connectivity index (χ3n) is 4.92. The molecule has 2 atom stereocenters. The van der Waals surface area contributed by atoms with Crippen molar-refractivity contribution >= 4 is 29.7 Å². The van der Waals surface area contributed by atoms with Gasteiger partial charge in [-0.2, -0.15) is 0 Å². The van der Waals surface area contributed by atoms with Gasteiger partial charge in [-0.25, -0.2) is 0 Å². The Morgan fingerprint density at radius 1 is 1.41 bits per heavy atom. The second kappa shape index (κ2) is 9.18. The molecule has 8 nitrogen and oxygen atoms in total. The Hall–Kier alpha value is -3.42. The van der Waals surface area contributed by atoms with Crippen LogP contribution in [0.4, 0.5) is 11.4 Å². The van der Waals surface area contributed by atoms with Crippen LogP contribution in [0, 0.1) is 0 Å². The lowest BCUT2D eigenvalue weighted by molar-refractivity contribution is -0.145. The van der Waals surface area contributed by atoms with Crippen LogP contribution in [0.3, 0.4) is 0 Å². The number of anilines is 2. The molecule has 0 bridgehead atoms. The summed E-state index contributed by atoms with van der Waals surface area (Å²) < 4.78 is 5.08. The van der Waals surface area contributed by atoms with Crippen LogP contribution in [0.25, 0.3) is 0 Å². The molecular formula is C21H24N4O4. The van der Waals surface area contributed by atoms with Crippen LogP contribution >= 0.6 is 0 Å². The zero-order chi connectivity index (χ0) is 20.8. The lowest BCUT2D eigenvalue weighted by Crippen LogP contribution is -2.40. The van der Waals surface area contributed by atoms with Crippen molar-refractivity contribution in [1.29, 1.82) is 0 Å². The molecule has 2 unspecified atom stereocenters. The Morgan fingerprint density at radius 3 is 2.90 bits per heavy atom. The van der Waals surface area contributed by atoms with Gasteiger partial charge in [0.15, 0.2) is 0 Å². The summed E-state index contributed by atoms with van der Waals surface area (Å²) in [6.45, 7) is 2.30. The quantitative estimate of drug-likeness (QED) is 0.415. The number of pyridine rings is 1. The van der Waals surface area contributed by atoms with E-state index in [9.17, 15) is 14.4 Å². The zero-order valence-corrected chi connectivity index (χ0v) is 16.2. The topological polar surface area (TPSA) is 106 Å². The van der Waals surface area contributed by atoms with Crippen LogP contribution in [-0.4, -0.2) is 47.4 Å². The SMILES string of the molecule is CCOC(=O)CC(c1cccnc1)N(C=O)C1CC(=O)N(c2cccc(N)c2)C1. The average Bonchev–Trinajstić information content (AvgIpc) is 3.10. The highest BCUT2D eigenvalue weighted by molar-refractivity contribution is 5.96. The molecule has 1 fully saturated rings. The van der Waals surface area contributed by atoms with Gasteiger partial charge in [0.25, 0.3) is 0 Å². The summed E-state index contributed by atoms with van der Waals surface area (Å²) in [5.41, 5.74) is 7.79. The van der Waals surface area contributed by atoms with Crippen molar-refractivity contribution in [3.63, 3.8) is 0 Å². The molecule has 1 aliphatic heterocycles. The molecule has 3 rings (SSSR count). The van der Waals surface area contributed by atoms with Gasteiger partial charge in [-0.15, -0.1) is 0 Å². The molecular weight excluding hydrogens is 372 g/mol. The number of nitrogens with two attached hydrogens (primary N) is 1. The number of amides is 2. The molecule has 0 aliphatic carbocycles. The monoisotopic (exact) mass is 396 g/mol. The van der Waals surface area contributed by atoms with Crippen LogP contribution in [0.1, 0.15) is 31.4 Å². The number of aromatic nitrogens is 1. The van der Waals surface area contributed by atoms with Gasteiger partial charge in [0, 0.05) is 36.7 Å². The molecule has 1 aliphatic rings. The fraction of sp³-hybridized carbons (Fsp3) is 0.333. The summed E-state index contributed by atoms with van der Waals surface area (Å²) in [5.74, 6) is -0.515. The second-order valence-electron chi connectivity index (χ2n) is 6.82. The van der Waals surface area contributed by atoms with Gasteiger partial charge in [-0.1, -0.05) is 12.1 Å². The summed E-state index contributed by atoms with van der Waals surface area (Å²) in [6.07, 6.45) is 4.08. The number of carbonyl (C=O) groups is 3. The Balaban J connectivity index is 1.85. The predicted molar refractivity (Wildman–Crippen MR) is 108 cm³/mol. The van der Waals surface area contributed by atoms with Gasteiger partial charge < -0.3 is 20.3 Å². The molecule has 1 saturated heterocycles. The highest BCUT2D eigenvalue weighted by Gasteiger charge is 2.38. The van der Waals surface area contributed by atoms with Gasteiger partial charge in [0.05, 0.1) is 25.1 Å². The van der Waals surface area contributed by atoms with Crippen molar-refractivity contribution in [2.24, 2.45) is 0 Å². The summed E-state index contributed by atoms with van der Waals surface area (Å²) in [5, 5.41) is 0. The van der Waals surface area contributed by atoms with Crippen molar-refractivity contribution in [2.75, 3.05) is 23.8 Å². The number of rotatable bonds is 8. The molecule has 152 valence electrons. The molecule has 1 aromatic heterocycles. The molecule has 1 aromatic carbocycles. The highest BCUT2D eigenvalue weighted by atomic mass is 16.5. The molecule has 29 heavy (non-hydrogen) atoms. The lowest BCUT2D eigenvalue weighted by atomic mass is 10.0. The fourth-order valence-corrected chi connectivity index (χ4v) is 3.59. The van der Waals surface area contributed by atoms with Crippen molar-refractivity contribution < 1.29 is 19.1 Å². The van der Waals surface area contributed by atoms with E-state index >= 15 is 0 Å². The standard InChI is InChI=1S/C21H24N4O4/c1-2-29-21(28)11-19(15-5-4-8-23-12-15)25(14-26)18-10-20(27)24(13-18)17-7-3-6-16(22)9-17/h3-9,12,14,18-19H,2,10-11,13,22H2,1H3. The lowest BCUT2D eigenvalue weighted by Gasteiger charge is -2.32. The first-order valence-corrected chi connectivity index (χ1v) is 9.47. The maximum Gasteiger partial charge on any atom is 0.308 e. The Kier molecular flexibility index (Phi) is 6.43. The van der Waals surface area contributed by atoms with E-state index in [2.05, 4.69) is 4.98 Å². The molecule has 0 saturated carbocycles. The van der Waals surface area contributed by atoms with Crippen molar-refractivity contribution in [2.45, 2.75) is 31.8 Å². The van der Waals surface area contributed by atoms with Gasteiger partial charge in [0.1, 0.15) is 0 Å². The van der Waals surface area contributed by atoms with Crippen molar-refractivity contribution in [1.82, 2.24) is 9.88 Å². The van der Waals surface area contributed by atoms with Gasteiger partial charge >= 0.3 is 5.97 Å². The smallest absolute Gasteiger partial charge is 0.308 e. The summed E-state index contributed by atoms with van der Waals surface area (Å²) >= 11 is 0. The van der Waals surface area contributed by atoms with E-state index < -0.39 is 12.0 Å². The van der Waals surface area contributed by atoms with E-state index in [1.807, 2.05) is 0 Å². The Bertz CT molecular complexity index is 874. The average molecular weight is 396 g/mol. The number of ether oxygens (including phenoxy) is 1. The predicted octanol–water partition coefficient (Wildman–Crippen LogP) is 1.92. The van der Waals surface area contributed by atoms with Crippen LogP contribution in [0.15, 0.2) is 48.8 Å². The van der Waals surface area contributed by atoms with E-state index in [1.165, 1.54) is 4.90 Å². The number of nitrogen functional groups attached to an aromatic ring is 1.